The Morgan fingerprint density at radius 3 is 2.30 bits per heavy atom. The van der Waals surface area contributed by atoms with Crippen LogP contribution in [0.4, 0.5) is 14.5 Å². The van der Waals surface area contributed by atoms with Crippen LogP contribution in [0.5, 0.6) is 0 Å². The zero-order chi connectivity index (χ0) is 21.1. The lowest BCUT2D eigenvalue weighted by Crippen LogP contribution is -2.27. The first-order valence-electron chi connectivity index (χ1n) is 9.33. The van der Waals surface area contributed by atoms with Gasteiger partial charge in [-0.05, 0) is 35.4 Å². The fraction of sp³-hybridized carbons (Fsp3) is 0.130. The average molecular weight is 424 g/mol. The minimum absolute atomic E-state index is 0.0608. The summed E-state index contributed by atoms with van der Waals surface area (Å²) in [6.07, 6.45) is 0. The number of carbonyl (C=O) groups excluding carboxylic acids is 2. The molecule has 4 rings (SSSR count). The van der Waals surface area contributed by atoms with Gasteiger partial charge in [0, 0.05) is 12.1 Å². The molecule has 1 aliphatic rings. The number of para-hydroxylation sites is 1. The number of nitrogens with one attached hydrogen (secondary N) is 1. The molecule has 30 heavy (non-hydrogen) atoms. The number of anilines is 1. The Labute approximate surface area is 176 Å². The topological polar surface area (TPSA) is 49.4 Å². The van der Waals surface area contributed by atoms with Gasteiger partial charge in [0.05, 0.1) is 5.75 Å². The molecule has 3 aromatic carbocycles. The van der Waals surface area contributed by atoms with Crippen LogP contribution in [0.25, 0.3) is 0 Å². The van der Waals surface area contributed by atoms with Crippen molar-refractivity contribution in [3.05, 3.63) is 101 Å². The van der Waals surface area contributed by atoms with E-state index < -0.39 is 23.2 Å². The van der Waals surface area contributed by atoms with E-state index in [0.717, 1.165) is 23.3 Å². The smallest absolute Gasteiger partial charge is 0.255 e. The Kier molecular flexibility index (Phi) is 5.81. The summed E-state index contributed by atoms with van der Waals surface area (Å²) >= 11 is 1.53. The summed E-state index contributed by atoms with van der Waals surface area (Å²) in [5, 5.41) is 2.12. The number of thioether (sulfide) groups is 1. The molecule has 4 nitrogen and oxygen atoms in total. The third kappa shape index (κ3) is 4.21. The van der Waals surface area contributed by atoms with Crippen molar-refractivity contribution in [3.63, 3.8) is 0 Å². The molecule has 0 spiro atoms. The van der Waals surface area contributed by atoms with Gasteiger partial charge in [-0.25, -0.2) is 8.78 Å². The number of hydrogen-bond donors (Lipinski definition) is 1. The van der Waals surface area contributed by atoms with Gasteiger partial charge in [0.25, 0.3) is 5.91 Å². The van der Waals surface area contributed by atoms with E-state index in [1.165, 1.54) is 17.8 Å². The number of amides is 2. The van der Waals surface area contributed by atoms with E-state index >= 15 is 0 Å². The summed E-state index contributed by atoms with van der Waals surface area (Å²) < 4.78 is 27.5. The molecule has 3 aromatic rings. The summed E-state index contributed by atoms with van der Waals surface area (Å²) in [7, 11) is 0. The summed E-state index contributed by atoms with van der Waals surface area (Å²) in [4.78, 5) is 26.6. The number of halogens is 2. The van der Waals surface area contributed by atoms with Gasteiger partial charge < -0.3 is 10.2 Å². The fourth-order valence-electron chi connectivity index (χ4n) is 3.28. The minimum atomic E-state index is -0.836. The lowest BCUT2D eigenvalue weighted by Gasteiger charge is -2.24. The van der Waals surface area contributed by atoms with E-state index in [9.17, 15) is 18.4 Å². The van der Waals surface area contributed by atoms with Gasteiger partial charge in [-0.1, -0.05) is 48.5 Å². The van der Waals surface area contributed by atoms with Crippen LogP contribution in [0.1, 0.15) is 26.9 Å². The van der Waals surface area contributed by atoms with Crippen LogP contribution < -0.4 is 5.32 Å². The predicted octanol–water partition coefficient (Wildman–Crippen LogP) is 4.99. The molecule has 0 unspecified atom stereocenters. The van der Waals surface area contributed by atoms with Crippen LogP contribution in [-0.4, -0.2) is 22.5 Å². The number of rotatable bonds is 5. The maximum absolute atomic E-state index is 13.8. The zero-order valence-corrected chi connectivity index (χ0v) is 16.7. The third-order valence-corrected chi connectivity index (χ3v) is 6.08. The third-order valence-electron chi connectivity index (χ3n) is 4.82. The highest BCUT2D eigenvalue weighted by Crippen LogP contribution is 2.39. The first kappa shape index (κ1) is 20.1. The number of benzene rings is 3. The largest absolute Gasteiger partial charge is 0.322 e. The molecule has 152 valence electrons. The summed E-state index contributed by atoms with van der Waals surface area (Å²) in [6.45, 7) is 0.506. The lowest BCUT2D eigenvalue weighted by atomic mass is 10.1. The molecule has 7 heteroatoms. The Bertz CT molecular complexity index is 1050. The molecule has 1 saturated heterocycles. The molecule has 1 aliphatic heterocycles. The van der Waals surface area contributed by atoms with Crippen LogP contribution >= 0.6 is 11.8 Å². The fourth-order valence-corrected chi connectivity index (χ4v) is 4.47. The Morgan fingerprint density at radius 1 is 0.967 bits per heavy atom. The van der Waals surface area contributed by atoms with Crippen LogP contribution in [0, 0.1) is 11.6 Å². The Balaban J connectivity index is 1.50. The molecule has 2 amide bonds. The molecule has 0 bridgehead atoms. The van der Waals surface area contributed by atoms with Gasteiger partial charge in [0.15, 0.2) is 0 Å². The van der Waals surface area contributed by atoms with Gasteiger partial charge in [0.1, 0.15) is 22.7 Å². The van der Waals surface area contributed by atoms with E-state index in [0.29, 0.717) is 12.3 Å². The second-order valence-electron chi connectivity index (χ2n) is 6.84. The standard InChI is InChI=1S/C23H18F2N2O2S/c24-18-7-4-8-19(25)21(18)26-22(29)16-9-11-17(12-10-16)23-27(20(28)14-30-23)13-15-5-2-1-3-6-15/h1-12,23H,13-14H2,(H,26,29)/t23-/m0/s1. The first-order valence-corrected chi connectivity index (χ1v) is 10.4. The van der Waals surface area contributed by atoms with Crippen LogP contribution in [0.3, 0.4) is 0 Å². The molecule has 1 fully saturated rings. The van der Waals surface area contributed by atoms with Crippen molar-refractivity contribution >= 4 is 29.3 Å². The quantitative estimate of drug-likeness (QED) is 0.628. The number of nitrogens with zero attached hydrogens (tertiary/aromatic N) is 1. The highest BCUT2D eigenvalue weighted by Gasteiger charge is 2.32. The molecule has 1 atom stereocenters. The van der Waals surface area contributed by atoms with E-state index in [-0.39, 0.29) is 16.8 Å². The van der Waals surface area contributed by atoms with Gasteiger partial charge in [0.2, 0.25) is 5.91 Å². The maximum atomic E-state index is 13.8. The summed E-state index contributed by atoms with van der Waals surface area (Å²) in [6, 6.07) is 19.9. The van der Waals surface area contributed by atoms with Crippen molar-refractivity contribution in [1.29, 1.82) is 0 Å². The summed E-state index contributed by atoms with van der Waals surface area (Å²) in [5.41, 5.74) is 1.72. The van der Waals surface area contributed by atoms with Gasteiger partial charge in [-0.2, -0.15) is 0 Å². The maximum Gasteiger partial charge on any atom is 0.255 e. The highest BCUT2D eigenvalue weighted by molar-refractivity contribution is 8.00. The molecule has 1 heterocycles. The highest BCUT2D eigenvalue weighted by atomic mass is 32.2. The Hall–Kier alpha value is -3.19. The van der Waals surface area contributed by atoms with Crippen LogP contribution in [0.15, 0.2) is 72.8 Å². The van der Waals surface area contributed by atoms with Crippen molar-refractivity contribution in [3.8, 4) is 0 Å². The van der Waals surface area contributed by atoms with Gasteiger partial charge in [-0.15, -0.1) is 11.8 Å². The van der Waals surface area contributed by atoms with E-state index in [1.54, 1.807) is 24.3 Å². The molecule has 1 N–H and O–H groups in total. The van der Waals surface area contributed by atoms with Crippen molar-refractivity contribution in [1.82, 2.24) is 4.90 Å². The summed E-state index contributed by atoms with van der Waals surface area (Å²) in [5.74, 6) is -1.82. The second kappa shape index (κ2) is 8.67. The molecular formula is C23H18F2N2O2S. The Morgan fingerprint density at radius 2 is 1.63 bits per heavy atom. The van der Waals surface area contributed by atoms with E-state index in [4.69, 9.17) is 0 Å². The van der Waals surface area contributed by atoms with Crippen LogP contribution in [-0.2, 0) is 11.3 Å². The normalized spacial score (nSPS) is 16.0. The van der Waals surface area contributed by atoms with Gasteiger partial charge in [-0.3, -0.25) is 9.59 Å². The van der Waals surface area contributed by atoms with E-state index in [1.807, 2.05) is 35.2 Å². The number of carbonyl (C=O) groups is 2. The molecule has 0 radical (unpaired) electrons. The van der Waals surface area contributed by atoms with Crippen molar-refractivity contribution in [2.45, 2.75) is 11.9 Å². The molecule has 0 aliphatic carbocycles. The van der Waals surface area contributed by atoms with Crippen molar-refractivity contribution < 1.29 is 18.4 Å². The predicted molar refractivity (Wildman–Crippen MR) is 113 cm³/mol. The monoisotopic (exact) mass is 424 g/mol. The van der Waals surface area contributed by atoms with Crippen molar-refractivity contribution in [2.24, 2.45) is 0 Å². The molecular weight excluding hydrogens is 406 g/mol. The van der Waals surface area contributed by atoms with Crippen LogP contribution in [0.2, 0.25) is 0 Å². The average Bonchev–Trinajstić information content (AvgIpc) is 3.12. The number of hydrogen-bond acceptors (Lipinski definition) is 3. The SMILES string of the molecule is O=C(Nc1c(F)cccc1F)c1ccc([C@@H]2SCC(=O)N2Cc2ccccc2)cc1. The minimum Gasteiger partial charge on any atom is -0.322 e. The zero-order valence-electron chi connectivity index (χ0n) is 15.8. The van der Waals surface area contributed by atoms with Gasteiger partial charge >= 0.3 is 0 Å². The van der Waals surface area contributed by atoms with E-state index in [2.05, 4.69) is 5.32 Å². The molecule has 0 saturated carbocycles. The lowest BCUT2D eigenvalue weighted by molar-refractivity contribution is -0.128. The first-order chi connectivity index (χ1) is 14.5. The second-order valence-corrected chi connectivity index (χ2v) is 7.91. The molecule has 0 aromatic heterocycles. The van der Waals surface area contributed by atoms with Crippen molar-refractivity contribution in [2.75, 3.05) is 11.1 Å².